The third-order valence-corrected chi connectivity index (χ3v) is 4.71. The SMILES string of the molecule is COC(COc1ccc2c(=O)cc(C(=N)SC(C)C)[nH]c2c1Cl)OC. The standard InChI is InChI=1S/C17H21ClN2O4S/c1-9(2)25-17(19)11-7-12(21)10-5-6-13(15(18)16(10)20-11)24-8-14(22-3)23-4/h5-7,9,14,19H,8H2,1-4H3,(H,20,21). The number of methoxy groups -OCH3 is 2. The Morgan fingerprint density at radius 1 is 1.32 bits per heavy atom. The summed E-state index contributed by atoms with van der Waals surface area (Å²) >= 11 is 7.77. The normalized spacial score (nSPS) is 11.5. The molecule has 0 saturated heterocycles. The summed E-state index contributed by atoms with van der Waals surface area (Å²) in [5.41, 5.74) is 0.682. The van der Waals surface area contributed by atoms with Crippen molar-refractivity contribution in [2.24, 2.45) is 0 Å². The van der Waals surface area contributed by atoms with Gasteiger partial charge in [-0.3, -0.25) is 10.2 Å². The fraction of sp³-hybridized carbons (Fsp3) is 0.412. The fourth-order valence-corrected chi connectivity index (χ4v) is 3.16. The maximum Gasteiger partial charge on any atom is 0.191 e. The molecule has 6 nitrogen and oxygen atoms in total. The summed E-state index contributed by atoms with van der Waals surface area (Å²) in [7, 11) is 3.03. The van der Waals surface area contributed by atoms with Crippen LogP contribution < -0.4 is 10.2 Å². The van der Waals surface area contributed by atoms with Gasteiger partial charge in [0.05, 0.1) is 11.2 Å². The first-order valence-electron chi connectivity index (χ1n) is 7.66. The number of nitrogens with one attached hydrogen (secondary N) is 2. The molecule has 0 bridgehead atoms. The molecular weight excluding hydrogens is 364 g/mol. The molecule has 1 aromatic heterocycles. The van der Waals surface area contributed by atoms with Crippen molar-refractivity contribution >= 4 is 39.3 Å². The van der Waals surface area contributed by atoms with Crippen LogP contribution in [0.2, 0.25) is 5.02 Å². The minimum atomic E-state index is -0.521. The van der Waals surface area contributed by atoms with Gasteiger partial charge in [-0.05, 0) is 12.1 Å². The van der Waals surface area contributed by atoms with Crippen molar-refractivity contribution in [3.63, 3.8) is 0 Å². The van der Waals surface area contributed by atoms with Gasteiger partial charge in [0, 0.05) is 30.9 Å². The minimum absolute atomic E-state index is 0.154. The second-order valence-corrected chi connectivity index (χ2v) is 7.52. The van der Waals surface area contributed by atoms with Crippen LogP contribution in [-0.4, -0.2) is 42.4 Å². The van der Waals surface area contributed by atoms with E-state index in [4.69, 9.17) is 31.2 Å². The first kappa shape index (κ1) is 19.8. The average Bonchev–Trinajstić information content (AvgIpc) is 2.57. The summed E-state index contributed by atoms with van der Waals surface area (Å²) < 4.78 is 15.8. The van der Waals surface area contributed by atoms with Crippen LogP contribution >= 0.6 is 23.4 Å². The molecule has 0 aliphatic rings. The van der Waals surface area contributed by atoms with Crippen LogP contribution in [0.4, 0.5) is 0 Å². The van der Waals surface area contributed by atoms with Gasteiger partial charge in [-0.15, -0.1) is 11.8 Å². The van der Waals surface area contributed by atoms with Crippen LogP contribution in [0, 0.1) is 5.41 Å². The van der Waals surface area contributed by atoms with Crippen LogP contribution in [0.25, 0.3) is 10.9 Å². The Kier molecular flexibility index (Phi) is 6.89. The molecule has 0 aliphatic carbocycles. The van der Waals surface area contributed by atoms with Crippen LogP contribution in [0.15, 0.2) is 23.0 Å². The Morgan fingerprint density at radius 2 is 2.00 bits per heavy atom. The summed E-state index contributed by atoms with van der Waals surface area (Å²) in [4.78, 5) is 15.4. The lowest BCUT2D eigenvalue weighted by Crippen LogP contribution is -2.22. The van der Waals surface area contributed by atoms with E-state index in [-0.39, 0.29) is 27.4 Å². The molecule has 0 radical (unpaired) electrons. The molecule has 0 unspecified atom stereocenters. The number of ether oxygens (including phenoxy) is 3. The number of rotatable bonds is 7. The molecule has 0 saturated carbocycles. The predicted octanol–water partition coefficient (Wildman–Crippen LogP) is 3.65. The lowest BCUT2D eigenvalue weighted by molar-refractivity contribution is -0.121. The number of hydrogen-bond donors (Lipinski definition) is 2. The number of hydrogen-bond acceptors (Lipinski definition) is 6. The van der Waals surface area contributed by atoms with Gasteiger partial charge in [0.25, 0.3) is 0 Å². The molecule has 136 valence electrons. The van der Waals surface area contributed by atoms with Gasteiger partial charge in [0.2, 0.25) is 0 Å². The number of fused-ring (bicyclic) bond motifs is 1. The molecule has 0 fully saturated rings. The van der Waals surface area contributed by atoms with Gasteiger partial charge in [0.15, 0.2) is 11.7 Å². The summed E-state index contributed by atoms with van der Waals surface area (Å²) in [5, 5.41) is 9.37. The van der Waals surface area contributed by atoms with E-state index in [2.05, 4.69) is 4.98 Å². The number of pyridine rings is 1. The molecule has 0 spiro atoms. The highest BCUT2D eigenvalue weighted by atomic mass is 35.5. The van der Waals surface area contributed by atoms with E-state index < -0.39 is 6.29 Å². The van der Waals surface area contributed by atoms with Crippen molar-refractivity contribution < 1.29 is 14.2 Å². The average molecular weight is 385 g/mol. The van der Waals surface area contributed by atoms with E-state index >= 15 is 0 Å². The Hall–Kier alpha value is -1.54. The number of H-pyrrole nitrogens is 1. The van der Waals surface area contributed by atoms with Gasteiger partial charge < -0.3 is 19.2 Å². The van der Waals surface area contributed by atoms with Crippen LogP contribution in [0.1, 0.15) is 19.5 Å². The van der Waals surface area contributed by atoms with E-state index in [0.29, 0.717) is 22.3 Å². The van der Waals surface area contributed by atoms with E-state index in [0.717, 1.165) is 0 Å². The summed E-state index contributed by atoms with van der Waals surface area (Å²) in [6.07, 6.45) is -0.521. The molecule has 8 heteroatoms. The lowest BCUT2D eigenvalue weighted by Gasteiger charge is -2.16. The van der Waals surface area contributed by atoms with E-state index in [9.17, 15) is 4.79 Å². The van der Waals surface area contributed by atoms with Crippen molar-refractivity contribution in [3.8, 4) is 5.75 Å². The predicted molar refractivity (Wildman–Crippen MR) is 102 cm³/mol. The molecule has 2 aromatic rings. The fourth-order valence-electron chi connectivity index (χ4n) is 2.19. The molecule has 0 amide bonds. The summed E-state index contributed by atoms with van der Waals surface area (Å²) in [6, 6.07) is 4.70. The third kappa shape index (κ3) is 4.76. The number of halogens is 1. The zero-order chi connectivity index (χ0) is 18.6. The molecule has 1 heterocycles. The van der Waals surface area contributed by atoms with Crippen molar-refractivity contribution in [2.75, 3.05) is 20.8 Å². The molecule has 0 atom stereocenters. The van der Waals surface area contributed by atoms with E-state index in [1.807, 2.05) is 13.8 Å². The van der Waals surface area contributed by atoms with E-state index in [1.54, 1.807) is 12.1 Å². The van der Waals surface area contributed by atoms with Crippen molar-refractivity contribution in [3.05, 3.63) is 39.1 Å². The van der Waals surface area contributed by atoms with E-state index in [1.165, 1.54) is 32.0 Å². The zero-order valence-corrected chi connectivity index (χ0v) is 16.1. The Bertz CT molecular complexity index is 818. The molecule has 1 aromatic carbocycles. The maximum absolute atomic E-state index is 12.3. The highest BCUT2D eigenvalue weighted by Gasteiger charge is 2.15. The molecule has 0 aliphatic heterocycles. The Labute approximate surface area is 155 Å². The van der Waals surface area contributed by atoms with Crippen LogP contribution in [-0.2, 0) is 9.47 Å². The lowest BCUT2D eigenvalue weighted by atomic mass is 10.2. The summed E-state index contributed by atoms with van der Waals surface area (Å²) in [6.45, 7) is 4.12. The Balaban J connectivity index is 2.41. The first-order valence-corrected chi connectivity index (χ1v) is 8.92. The largest absolute Gasteiger partial charge is 0.487 e. The number of thioether (sulfide) groups is 1. The second-order valence-electron chi connectivity index (χ2n) is 5.56. The number of benzene rings is 1. The molecule has 2 N–H and O–H groups in total. The monoisotopic (exact) mass is 384 g/mol. The maximum atomic E-state index is 12.3. The highest BCUT2D eigenvalue weighted by Crippen LogP contribution is 2.31. The number of aromatic nitrogens is 1. The molecule has 25 heavy (non-hydrogen) atoms. The van der Waals surface area contributed by atoms with Crippen LogP contribution in [0.3, 0.4) is 0 Å². The second kappa shape index (κ2) is 8.71. The highest BCUT2D eigenvalue weighted by molar-refractivity contribution is 8.14. The van der Waals surface area contributed by atoms with Crippen molar-refractivity contribution in [2.45, 2.75) is 25.4 Å². The summed E-state index contributed by atoms with van der Waals surface area (Å²) in [5.74, 6) is 0.407. The van der Waals surface area contributed by atoms with Gasteiger partial charge >= 0.3 is 0 Å². The van der Waals surface area contributed by atoms with Gasteiger partial charge in [-0.2, -0.15) is 0 Å². The van der Waals surface area contributed by atoms with Crippen molar-refractivity contribution in [1.82, 2.24) is 4.98 Å². The third-order valence-electron chi connectivity index (χ3n) is 3.41. The van der Waals surface area contributed by atoms with Gasteiger partial charge in [-0.1, -0.05) is 25.4 Å². The minimum Gasteiger partial charge on any atom is -0.487 e. The van der Waals surface area contributed by atoms with Gasteiger partial charge in [-0.25, -0.2) is 0 Å². The topological polar surface area (TPSA) is 84.4 Å². The van der Waals surface area contributed by atoms with Crippen LogP contribution in [0.5, 0.6) is 5.75 Å². The first-order chi connectivity index (χ1) is 11.9. The Morgan fingerprint density at radius 3 is 2.60 bits per heavy atom. The number of aromatic amines is 1. The quantitative estimate of drug-likeness (QED) is 0.432. The smallest absolute Gasteiger partial charge is 0.191 e. The molecule has 2 rings (SSSR count). The van der Waals surface area contributed by atoms with Crippen molar-refractivity contribution in [1.29, 1.82) is 5.41 Å². The van der Waals surface area contributed by atoms with Gasteiger partial charge in [0.1, 0.15) is 22.4 Å². The zero-order valence-electron chi connectivity index (χ0n) is 14.5. The molecular formula is C17H21ClN2O4S.